The number of nitrogens with zero attached hydrogens (tertiary/aromatic N) is 1. The van der Waals surface area contributed by atoms with E-state index in [0.29, 0.717) is 16.4 Å². The van der Waals surface area contributed by atoms with Crippen LogP contribution in [0.3, 0.4) is 0 Å². The third-order valence-corrected chi connectivity index (χ3v) is 3.28. The maximum atomic E-state index is 12.5. The molecule has 2 rings (SSSR count). The van der Waals surface area contributed by atoms with E-state index in [-0.39, 0.29) is 5.91 Å². The number of benzene rings is 1. The number of anilines is 2. The van der Waals surface area contributed by atoms with E-state index in [0.717, 1.165) is 24.2 Å². The Hall–Kier alpha value is -2.07. The van der Waals surface area contributed by atoms with Gasteiger partial charge in [0.2, 0.25) is 0 Å². The molecule has 0 unspecified atom stereocenters. The van der Waals surface area contributed by atoms with Crippen molar-refractivity contribution in [1.82, 2.24) is 4.98 Å². The molecule has 0 atom stereocenters. The molecular weight excluding hydrogens is 286 g/mol. The predicted molar refractivity (Wildman–Crippen MR) is 87.2 cm³/mol. The minimum absolute atomic E-state index is 0.224. The van der Waals surface area contributed by atoms with Crippen LogP contribution in [0.25, 0.3) is 0 Å². The van der Waals surface area contributed by atoms with E-state index in [1.54, 1.807) is 18.3 Å². The van der Waals surface area contributed by atoms with Crippen molar-refractivity contribution in [2.24, 2.45) is 0 Å². The molecule has 0 fully saturated rings. The van der Waals surface area contributed by atoms with Gasteiger partial charge in [0.15, 0.2) is 5.82 Å². The summed E-state index contributed by atoms with van der Waals surface area (Å²) in [7, 11) is 0. The van der Waals surface area contributed by atoms with Gasteiger partial charge in [-0.2, -0.15) is 0 Å². The van der Waals surface area contributed by atoms with Gasteiger partial charge in [-0.05, 0) is 37.6 Å². The third-order valence-electron chi connectivity index (χ3n) is 2.98. The first-order chi connectivity index (χ1) is 10.1. The van der Waals surface area contributed by atoms with Crippen molar-refractivity contribution in [2.75, 3.05) is 17.2 Å². The quantitative estimate of drug-likeness (QED) is 0.873. The van der Waals surface area contributed by atoms with Gasteiger partial charge in [-0.15, -0.1) is 0 Å². The van der Waals surface area contributed by atoms with E-state index in [9.17, 15) is 4.79 Å². The second-order valence-corrected chi connectivity index (χ2v) is 5.17. The number of aromatic nitrogens is 1. The molecule has 1 aromatic carbocycles. The fourth-order valence-corrected chi connectivity index (χ4v) is 2.08. The molecule has 2 aromatic rings. The monoisotopic (exact) mass is 303 g/mol. The lowest BCUT2D eigenvalue weighted by molar-refractivity contribution is 0.102. The van der Waals surface area contributed by atoms with Crippen molar-refractivity contribution in [3.8, 4) is 0 Å². The second kappa shape index (κ2) is 7.09. The molecule has 4 nitrogen and oxygen atoms in total. The molecule has 2 N–H and O–H groups in total. The first-order valence-corrected chi connectivity index (χ1v) is 7.26. The molecule has 0 aliphatic rings. The van der Waals surface area contributed by atoms with Crippen LogP contribution in [-0.2, 0) is 0 Å². The first-order valence-electron chi connectivity index (χ1n) is 6.88. The number of carbonyl (C=O) groups is 1. The average Bonchev–Trinajstić information content (AvgIpc) is 2.48. The Morgan fingerprint density at radius 1 is 1.33 bits per heavy atom. The Morgan fingerprint density at radius 2 is 2.14 bits per heavy atom. The number of rotatable bonds is 5. The highest BCUT2D eigenvalue weighted by molar-refractivity contribution is 6.33. The third kappa shape index (κ3) is 3.95. The zero-order valence-corrected chi connectivity index (χ0v) is 12.9. The Bertz CT molecular complexity index is 643. The molecule has 0 aliphatic heterocycles. The molecule has 5 heteroatoms. The number of hydrogen-bond donors (Lipinski definition) is 2. The van der Waals surface area contributed by atoms with Crippen LogP contribution < -0.4 is 10.6 Å². The molecular formula is C16H18ClN3O. The summed E-state index contributed by atoms with van der Waals surface area (Å²) in [5.41, 5.74) is 2.42. The standard InChI is InChI=1S/C16H18ClN3O/c1-3-8-18-14-7-6-11(2)10-12(14)16(21)20-15-13(17)5-4-9-19-15/h4-7,9-10,18H,3,8H2,1-2H3,(H,19,20,21). The first kappa shape index (κ1) is 15.3. The molecule has 21 heavy (non-hydrogen) atoms. The lowest BCUT2D eigenvalue weighted by Gasteiger charge is -2.13. The smallest absolute Gasteiger partial charge is 0.258 e. The van der Waals surface area contributed by atoms with E-state index in [2.05, 4.69) is 22.5 Å². The Labute approximate surface area is 129 Å². The summed E-state index contributed by atoms with van der Waals surface area (Å²) in [4.78, 5) is 16.5. The number of amides is 1. The molecule has 0 aliphatic carbocycles. The van der Waals surface area contributed by atoms with Crippen molar-refractivity contribution in [2.45, 2.75) is 20.3 Å². The van der Waals surface area contributed by atoms with Crippen LogP contribution in [0.15, 0.2) is 36.5 Å². The zero-order chi connectivity index (χ0) is 15.2. The normalized spacial score (nSPS) is 10.2. The summed E-state index contributed by atoms with van der Waals surface area (Å²) in [5, 5.41) is 6.42. The maximum absolute atomic E-state index is 12.5. The van der Waals surface area contributed by atoms with E-state index in [1.165, 1.54) is 0 Å². The molecule has 0 spiro atoms. The summed E-state index contributed by atoms with van der Waals surface area (Å²) in [6.45, 7) is 4.84. The zero-order valence-electron chi connectivity index (χ0n) is 12.1. The van der Waals surface area contributed by atoms with Gasteiger partial charge in [0, 0.05) is 18.4 Å². The molecule has 0 saturated heterocycles. The highest BCUT2D eigenvalue weighted by atomic mass is 35.5. The molecule has 0 bridgehead atoms. The van der Waals surface area contributed by atoms with Gasteiger partial charge in [0.1, 0.15) is 0 Å². The maximum Gasteiger partial charge on any atom is 0.258 e. The number of aryl methyl sites for hydroxylation is 1. The minimum atomic E-state index is -0.224. The topological polar surface area (TPSA) is 54.0 Å². The van der Waals surface area contributed by atoms with Crippen LogP contribution in [0, 0.1) is 6.92 Å². The number of pyridine rings is 1. The molecule has 1 aromatic heterocycles. The summed E-state index contributed by atoms with van der Waals surface area (Å²) >= 11 is 6.02. The molecule has 110 valence electrons. The Kier molecular flexibility index (Phi) is 5.17. The summed E-state index contributed by atoms with van der Waals surface area (Å²) in [6.07, 6.45) is 2.58. The van der Waals surface area contributed by atoms with Gasteiger partial charge in [-0.1, -0.05) is 30.2 Å². The molecule has 0 saturated carbocycles. The van der Waals surface area contributed by atoms with Gasteiger partial charge in [0.25, 0.3) is 5.91 Å². The predicted octanol–water partition coefficient (Wildman–Crippen LogP) is 4.12. The highest BCUT2D eigenvalue weighted by Gasteiger charge is 2.13. The lowest BCUT2D eigenvalue weighted by atomic mass is 10.1. The van der Waals surface area contributed by atoms with Crippen LogP contribution in [0.4, 0.5) is 11.5 Å². The minimum Gasteiger partial charge on any atom is -0.384 e. The van der Waals surface area contributed by atoms with Crippen LogP contribution >= 0.6 is 11.6 Å². The fraction of sp³-hybridized carbons (Fsp3) is 0.250. The molecule has 1 heterocycles. The van der Waals surface area contributed by atoms with Crippen molar-refractivity contribution in [3.63, 3.8) is 0 Å². The van der Waals surface area contributed by atoms with Gasteiger partial charge in [-0.3, -0.25) is 4.79 Å². The van der Waals surface area contributed by atoms with E-state index < -0.39 is 0 Å². The highest BCUT2D eigenvalue weighted by Crippen LogP contribution is 2.22. The molecule has 0 radical (unpaired) electrons. The Morgan fingerprint density at radius 3 is 2.86 bits per heavy atom. The van der Waals surface area contributed by atoms with Gasteiger partial charge < -0.3 is 10.6 Å². The number of nitrogens with one attached hydrogen (secondary N) is 2. The van der Waals surface area contributed by atoms with Crippen molar-refractivity contribution in [3.05, 3.63) is 52.7 Å². The van der Waals surface area contributed by atoms with Crippen LogP contribution in [0.5, 0.6) is 0 Å². The second-order valence-electron chi connectivity index (χ2n) is 4.76. The lowest BCUT2D eigenvalue weighted by Crippen LogP contribution is -2.16. The van der Waals surface area contributed by atoms with Crippen LogP contribution in [0.2, 0.25) is 5.02 Å². The van der Waals surface area contributed by atoms with E-state index in [1.807, 2.05) is 25.1 Å². The van der Waals surface area contributed by atoms with Crippen LogP contribution in [-0.4, -0.2) is 17.4 Å². The van der Waals surface area contributed by atoms with Crippen molar-refractivity contribution < 1.29 is 4.79 Å². The summed E-state index contributed by atoms with van der Waals surface area (Å²) < 4.78 is 0. The van der Waals surface area contributed by atoms with Gasteiger partial charge in [0.05, 0.1) is 10.6 Å². The summed E-state index contributed by atoms with van der Waals surface area (Å²) in [5.74, 6) is 0.144. The van der Waals surface area contributed by atoms with E-state index in [4.69, 9.17) is 11.6 Å². The van der Waals surface area contributed by atoms with Gasteiger partial charge in [-0.25, -0.2) is 4.98 Å². The Balaban J connectivity index is 2.25. The number of carbonyl (C=O) groups excluding carboxylic acids is 1. The average molecular weight is 304 g/mol. The van der Waals surface area contributed by atoms with Crippen LogP contribution in [0.1, 0.15) is 29.3 Å². The van der Waals surface area contributed by atoms with E-state index >= 15 is 0 Å². The SMILES string of the molecule is CCCNc1ccc(C)cc1C(=O)Nc1ncccc1Cl. The van der Waals surface area contributed by atoms with Crippen molar-refractivity contribution >= 4 is 29.0 Å². The van der Waals surface area contributed by atoms with Crippen molar-refractivity contribution in [1.29, 1.82) is 0 Å². The summed E-state index contributed by atoms with van der Waals surface area (Å²) in [6, 6.07) is 9.15. The number of hydrogen-bond acceptors (Lipinski definition) is 3. The largest absolute Gasteiger partial charge is 0.384 e. The molecule has 1 amide bonds. The fourth-order valence-electron chi connectivity index (χ4n) is 1.91. The number of halogens is 1. The van der Waals surface area contributed by atoms with Gasteiger partial charge >= 0.3 is 0 Å².